The molecular weight excluding hydrogens is 219 g/mol. The van der Waals surface area contributed by atoms with Crippen molar-refractivity contribution in [3.05, 3.63) is 41.8 Å². The van der Waals surface area contributed by atoms with Crippen LogP contribution in [0.25, 0.3) is 0 Å². The maximum atomic E-state index is 13.6. The van der Waals surface area contributed by atoms with Crippen molar-refractivity contribution in [3.8, 4) is 0 Å². The van der Waals surface area contributed by atoms with Gasteiger partial charge in [0.25, 0.3) is 0 Å². The Morgan fingerprint density at radius 3 is 2.53 bits per heavy atom. The van der Waals surface area contributed by atoms with E-state index in [4.69, 9.17) is 5.73 Å². The molecule has 0 atom stereocenters. The highest BCUT2D eigenvalue weighted by Gasteiger charge is 2.12. The fourth-order valence-electron chi connectivity index (χ4n) is 1.50. The molecule has 0 fully saturated rings. The molecule has 1 aromatic heterocycles. The molecule has 2 N–H and O–H groups in total. The fraction of sp³-hybridized carbons (Fsp3) is 0.167. The number of nitrogen functional groups attached to an aromatic ring is 1. The van der Waals surface area contributed by atoms with Crippen LogP contribution in [0.4, 0.5) is 21.8 Å². The molecule has 2 rings (SSSR count). The minimum absolute atomic E-state index is 0.0559. The number of nitrogens with zero attached hydrogens (tertiary/aromatic N) is 3. The van der Waals surface area contributed by atoms with Crippen LogP contribution < -0.4 is 10.6 Å². The van der Waals surface area contributed by atoms with Crippen molar-refractivity contribution < 1.29 is 4.39 Å². The Hall–Kier alpha value is -2.17. The highest BCUT2D eigenvalue weighted by molar-refractivity contribution is 5.60. The highest BCUT2D eigenvalue weighted by atomic mass is 19.1. The van der Waals surface area contributed by atoms with E-state index in [9.17, 15) is 4.39 Å². The van der Waals surface area contributed by atoms with Crippen LogP contribution in [0.15, 0.2) is 30.5 Å². The largest absolute Gasteiger partial charge is 0.368 e. The first-order chi connectivity index (χ1) is 8.08. The molecule has 0 saturated carbocycles. The summed E-state index contributed by atoms with van der Waals surface area (Å²) in [6.07, 6.45) is 1.07. The Labute approximate surface area is 98.9 Å². The summed E-state index contributed by atoms with van der Waals surface area (Å²) in [5, 5.41) is 0. The summed E-state index contributed by atoms with van der Waals surface area (Å²) in [4.78, 5) is 9.12. The van der Waals surface area contributed by atoms with Crippen LogP contribution in [0.5, 0.6) is 0 Å². The van der Waals surface area contributed by atoms with Gasteiger partial charge in [0.2, 0.25) is 5.95 Å². The predicted octanol–water partition coefficient (Wildman–Crippen LogP) is 2.27. The summed E-state index contributed by atoms with van der Waals surface area (Å²) in [7, 11) is 1.73. The molecule has 0 spiro atoms. The zero-order chi connectivity index (χ0) is 12.4. The molecule has 0 aliphatic rings. The number of hydrogen-bond donors (Lipinski definition) is 1. The number of rotatable bonds is 2. The molecular formula is C12H13FN4. The van der Waals surface area contributed by atoms with Gasteiger partial charge in [-0.2, -0.15) is 4.98 Å². The van der Waals surface area contributed by atoms with E-state index < -0.39 is 5.82 Å². The van der Waals surface area contributed by atoms with Gasteiger partial charge in [-0.25, -0.2) is 9.37 Å². The van der Waals surface area contributed by atoms with E-state index in [-0.39, 0.29) is 11.8 Å². The van der Waals surface area contributed by atoms with Gasteiger partial charge in [-0.05, 0) is 19.1 Å². The molecule has 2 aromatic rings. The molecule has 88 valence electrons. The average molecular weight is 232 g/mol. The van der Waals surface area contributed by atoms with Crippen LogP contribution in [0, 0.1) is 12.7 Å². The molecule has 1 aromatic carbocycles. The van der Waals surface area contributed by atoms with Gasteiger partial charge in [0.15, 0.2) is 11.6 Å². The Balaban J connectivity index is 2.39. The monoisotopic (exact) mass is 232 g/mol. The van der Waals surface area contributed by atoms with Crippen LogP contribution in [-0.4, -0.2) is 17.0 Å². The van der Waals surface area contributed by atoms with Crippen LogP contribution in [0.3, 0.4) is 0 Å². The lowest BCUT2D eigenvalue weighted by atomic mass is 10.2. The molecule has 0 aliphatic carbocycles. The predicted molar refractivity (Wildman–Crippen MR) is 65.6 cm³/mol. The van der Waals surface area contributed by atoms with Crippen molar-refractivity contribution in [2.75, 3.05) is 17.7 Å². The van der Waals surface area contributed by atoms with Gasteiger partial charge in [-0.1, -0.05) is 17.7 Å². The second-order valence-corrected chi connectivity index (χ2v) is 3.79. The van der Waals surface area contributed by atoms with E-state index in [0.29, 0.717) is 0 Å². The van der Waals surface area contributed by atoms with Gasteiger partial charge < -0.3 is 10.6 Å². The maximum absolute atomic E-state index is 13.6. The van der Waals surface area contributed by atoms with Crippen LogP contribution >= 0.6 is 0 Å². The Morgan fingerprint density at radius 2 is 1.88 bits per heavy atom. The lowest BCUT2D eigenvalue weighted by Crippen LogP contribution is -2.14. The van der Waals surface area contributed by atoms with Crippen LogP contribution in [0.1, 0.15) is 5.56 Å². The smallest absolute Gasteiger partial charge is 0.222 e. The third-order valence-electron chi connectivity index (χ3n) is 2.48. The summed E-state index contributed by atoms with van der Waals surface area (Å²) in [6.45, 7) is 1.99. The first-order valence-electron chi connectivity index (χ1n) is 5.16. The van der Waals surface area contributed by atoms with Gasteiger partial charge in [0.05, 0.1) is 6.20 Å². The molecule has 0 saturated heterocycles. The van der Waals surface area contributed by atoms with Gasteiger partial charge >= 0.3 is 0 Å². The minimum atomic E-state index is -0.498. The van der Waals surface area contributed by atoms with Gasteiger partial charge in [0.1, 0.15) is 0 Å². The number of hydrogen-bond acceptors (Lipinski definition) is 4. The van der Waals surface area contributed by atoms with E-state index in [1.165, 1.54) is 0 Å². The van der Waals surface area contributed by atoms with E-state index in [1.807, 2.05) is 31.2 Å². The molecule has 0 amide bonds. The quantitative estimate of drug-likeness (QED) is 0.863. The summed E-state index contributed by atoms with van der Waals surface area (Å²) in [6, 6.07) is 7.70. The van der Waals surface area contributed by atoms with E-state index in [2.05, 4.69) is 9.97 Å². The Kier molecular flexibility index (Phi) is 2.91. The summed E-state index contributed by atoms with van der Waals surface area (Å²) >= 11 is 0. The minimum Gasteiger partial charge on any atom is -0.368 e. The van der Waals surface area contributed by atoms with Gasteiger partial charge in [-0.3, -0.25) is 0 Å². The number of benzene rings is 1. The average Bonchev–Trinajstić information content (AvgIpc) is 2.32. The van der Waals surface area contributed by atoms with Crippen molar-refractivity contribution in [3.63, 3.8) is 0 Å². The number of anilines is 3. The molecule has 0 unspecified atom stereocenters. The van der Waals surface area contributed by atoms with Crippen LogP contribution in [-0.2, 0) is 0 Å². The Morgan fingerprint density at radius 1 is 1.24 bits per heavy atom. The second kappa shape index (κ2) is 4.37. The van der Waals surface area contributed by atoms with Gasteiger partial charge in [0, 0.05) is 12.7 Å². The first kappa shape index (κ1) is 11.3. The van der Waals surface area contributed by atoms with E-state index >= 15 is 0 Å². The number of nitrogens with two attached hydrogens (primary N) is 1. The molecule has 5 heteroatoms. The second-order valence-electron chi connectivity index (χ2n) is 3.79. The molecule has 17 heavy (non-hydrogen) atoms. The first-order valence-corrected chi connectivity index (χ1v) is 5.16. The van der Waals surface area contributed by atoms with Crippen molar-refractivity contribution in [1.82, 2.24) is 9.97 Å². The van der Waals surface area contributed by atoms with Crippen molar-refractivity contribution >= 4 is 17.5 Å². The van der Waals surface area contributed by atoms with Crippen molar-refractivity contribution in [1.29, 1.82) is 0 Å². The lowest BCUT2D eigenvalue weighted by Gasteiger charge is -2.18. The van der Waals surface area contributed by atoms with E-state index in [0.717, 1.165) is 17.4 Å². The normalized spacial score (nSPS) is 10.3. The van der Waals surface area contributed by atoms with Gasteiger partial charge in [-0.15, -0.1) is 0 Å². The maximum Gasteiger partial charge on any atom is 0.222 e. The standard InChI is InChI=1S/C12H13FN4/c1-8-3-5-9(6-4-8)17(2)11-10(13)7-15-12(14)16-11/h3-7H,1-2H3,(H2,14,15,16). The van der Waals surface area contributed by atoms with Crippen LogP contribution in [0.2, 0.25) is 0 Å². The summed E-state index contributed by atoms with van der Waals surface area (Å²) in [5.41, 5.74) is 7.44. The summed E-state index contributed by atoms with van der Waals surface area (Å²) in [5.74, 6) is -0.274. The van der Waals surface area contributed by atoms with Crippen molar-refractivity contribution in [2.45, 2.75) is 6.92 Å². The SMILES string of the molecule is Cc1ccc(N(C)c2nc(N)ncc2F)cc1. The number of aryl methyl sites for hydroxylation is 1. The zero-order valence-electron chi connectivity index (χ0n) is 9.68. The highest BCUT2D eigenvalue weighted by Crippen LogP contribution is 2.24. The zero-order valence-corrected chi connectivity index (χ0v) is 9.68. The molecule has 0 radical (unpaired) electrons. The molecule has 0 aliphatic heterocycles. The topological polar surface area (TPSA) is 55.0 Å². The third-order valence-corrected chi connectivity index (χ3v) is 2.48. The third kappa shape index (κ3) is 2.33. The Bertz CT molecular complexity index is 525. The molecule has 4 nitrogen and oxygen atoms in total. The van der Waals surface area contributed by atoms with E-state index in [1.54, 1.807) is 11.9 Å². The lowest BCUT2D eigenvalue weighted by molar-refractivity contribution is 0.614. The van der Waals surface area contributed by atoms with Crippen molar-refractivity contribution in [2.24, 2.45) is 0 Å². The summed E-state index contributed by atoms with van der Waals surface area (Å²) < 4.78 is 13.6. The number of halogens is 1. The number of aromatic nitrogens is 2. The molecule has 1 heterocycles. The molecule has 0 bridgehead atoms. The fourth-order valence-corrected chi connectivity index (χ4v) is 1.50.